The summed E-state index contributed by atoms with van der Waals surface area (Å²) < 4.78 is 0. The molecule has 0 aromatic heterocycles. The third-order valence-corrected chi connectivity index (χ3v) is 4.09. The lowest BCUT2D eigenvalue weighted by molar-refractivity contribution is -0.136. The Hall–Kier alpha value is -1.39. The van der Waals surface area contributed by atoms with E-state index in [4.69, 9.17) is 4.84 Å². The summed E-state index contributed by atoms with van der Waals surface area (Å²) in [6.45, 7) is 3.64. The van der Waals surface area contributed by atoms with Gasteiger partial charge in [-0.05, 0) is 25.0 Å². The summed E-state index contributed by atoms with van der Waals surface area (Å²) in [5, 5.41) is 1.80. The monoisotopic (exact) mass is 260 g/mol. The van der Waals surface area contributed by atoms with Gasteiger partial charge in [0.25, 0.3) is 0 Å². The van der Waals surface area contributed by atoms with E-state index in [2.05, 4.69) is 4.90 Å². The van der Waals surface area contributed by atoms with E-state index < -0.39 is 0 Å². The summed E-state index contributed by atoms with van der Waals surface area (Å²) in [5.74, 6) is -0.252. The van der Waals surface area contributed by atoms with Gasteiger partial charge in [-0.2, -0.15) is 0 Å². The van der Waals surface area contributed by atoms with Crippen molar-refractivity contribution in [1.29, 1.82) is 0 Å². The SMILES string of the molecule is O=C(ON1CCN(C2CCC2)CC1)c1ccccc1. The maximum absolute atomic E-state index is 11.9. The zero-order chi connectivity index (χ0) is 13.1. The highest BCUT2D eigenvalue weighted by Crippen LogP contribution is 2.25. The van der Waals surface area contributed by atoms with Crippen LogP contribution in [0.25, 0.3) is 0 Å². The van der Waals surface area contributed by atoms with Gasteiger partial charge in [-0.1, -0.05) is 24.6 Å². The normalized spacial score (nSPS) is 21.9. The average molecular weight is 260 g/mol. The van der Waals surface area contributed by atoms with E-state index in [0.29, 0.717) is 5.56 Å². The summed E-state index contributed by atoms with van der Waals surface area (Å²) in [6.07, 6.45) is 4.04. The van der Waals surface area contributed by atoms with Crippen molar-refractivity contribution in [2.24, 2.45) is 0 Å². The molecule has 1 heterocycles. The largest absolute Gasteiger partial charge is 0.364 e. The van der Waals surface area contributed by atoms with Crippen LogP contribution < -0.4 is 0 Å². The van der Waals surface area contributed by atoms with Crippen LogP contribution >= 0.6 is 0 Å². The molecule has 0 amide bonds. The van der Waals surface area contributed by atoms with Crippen molar-refractivity contribution in [3.8, 4) is 0 Å². The van der Waals surface area contributed by atoms with Crippen molar-refractivity contribution in [3.05, 3.63) is 35.9 Å². The first-order chi connectivity index (χ1) is 9.33. The Kier molecular flexibility index (Phi) is 3.80. The first kappa shape index (κ1) is 12.6. The first-order valence-corrected chi connectivity index (χ1v) is 7.09. The molecule has 1 aliphatic carbocycles. The van der Waals surface area contributed by atoms with Gasteiger partial charge in [0, 0.05) is 32.2 Å². The fourth-order valence-corrected chi connectivity index (χ4v) is 2.66. The molecule has 1 aromatic rings. The average Bonchev–Trinajstić information content (AvgIpc) is 2.40. The molecule has 1 aromatic carbocycles. The van der Waals surface area contributed by atoms with Gasteiger partial charge in [0.2, 0.25) is 0 Å². The lowest BCUT2D eigenvalue weighted by Crippen LogP contribution is -2.52. The van der Waals surface area contributed by atoms with Crippen LogP contribution in [0.1, 0.15) is 29.6 Å². The van der Waals surface area contributed by atoms with Crippen LogP contribution in [-0.4, -0.2) is 48.2 Å². The maximum Gasteiger partial charge on any atom is 0.357 e. The van der Waals surface area contributed by atoms with Crippen molar-refractivity contribution in [2.75, 3.05) is 26.2 Å². The number of rotatable bonds is 3. The minimum absolute atomic E-state index is 0.252. The standard InChI is InChI=1S/C15H20N2O2/c18-15(13-5-2-1-3-6-13)19-17-11-9-16(10-12-17)14-7-4-8-14/h1-3,5-6,14H,4,7-12H2. The Balaban J connectivity index is 1.48. The summed E-state index contributed by atoms with van der Waals surface area (Å²) in [4.78, 5) is 19.9. The summed E-state index contributed by atoms with van der Waals surface area (Å²) >= 11 is 0. The van der Waals surface area contributed by atoms with Crippen LogP contribution in [0, 0.1) is 0 Å². The molecule has 0 bridgehead atoms. The Bertz CT molecular complexity index is 423. The van der Waals surface area contributed by atoms with Crippen molar-refractivity contribution in [3.63, 3.8) is 0 Å². The Labute approximate surface area is 113 Å². The quantitative estimate of drug-likeness (QED) is 0.831. The van der Waals surface area contributed by atoms with Crippen molar-refractivity contribution in [2.45, 2.75) is 25.3 Å². The highest BCUT2D eigenvalue weighted by atomic mass is 16.7. The second kappa shape index (κ2) is 5.72. The van der Waals surface area contributed by atoms with E-state index in [1.54, 1.807) is 17.2 Å². The van der Waals surface area contributed by atoms with E-state index in [0.717, 1.165) is 32.2 Å². The predicted molar refractivity (Wildman–Crippen MR) is 72.6 cm³/mol. The van der Waals surface area contributed by atoms with Crippen LogP contribution in [0.15, 0.2) is 30.3 Å². The molecule has 4 heteroatoms. The van der Waals surface area contributed by atoms with Gasteiger partial charge in [0.15, 0.2) is 0 Å². The smallest absolute Gasteiger partial charge is 0.357 e. The zero-order valence-electron chi connectivity index (χ0n) is 11.1. The first-order valence-electron chi connectivity index (χ1n) is 7.09. The molecule has 2 fully saturated rings. The van der Waals surface area contributed by atoms with E-state index in [-0.39, 0.29) is 5.97 Å². The molecule has 1 aliphatic heterocycles. The summed E-state index contributed by atoms with van der Waals surface area (Å²) in [7, 11) is 0. The van der Waals surface area contributed by atoms with E-state index in [9.17, 15) is 4.79 Å². The molecule has 1 saturated heterocycles. The summed E-state index contributed by atoms with van der Waals surface area (Å²) in [5.41, 5.74) is 0.615. The van der Waals surface area contributed by atoms with Gasteiger partial charge < -0.3 is 4.84 Å². The number of piperazine rings is 1. The molecule has 0 N–H and O–H groups in total. The lowest BCUT2D eigenvalue weighted by atomic mass is 9.91. The van der Waals surface area contributed by atoms with E-state index in [1.165, 1.54) is 19.3 Å². The molecule has 0 unspecified atom stereocenters. The Morgan fingerprint density at radius 1 is 1.05 bits per heavy atom. The molecule has 102 valence electrons. The van der Waals surface area contributed by atoms with E-state index in [1.807, 2.05) is 18.2 Å². The molecule has 3 rings (SSSR count). The number of hydroxylamine groups is 2. The second-order valence-corrected chi connectivity index (χ2v) is 5.29. The van der Waals surface area contributed by atoms with Gasteiger partial charge in [-0.3, -0.25) is 4.90 Å². The van der Waals surface area contributed by atoms with Crippen LogP contribution in [0.2, 0.25) is 0 Å². The van der Waals surface area contributed by atoms with Gasteiger partial charge in [-0.15, -0.1) is 5.06 Å². The highest BCUT2D eigenvalue weighted by Gasteiger charge is 2.29. The molecule has 0 spiro atoms. The Morgan fingerprint density at radius 2 is 1.74 bits per heavy atom. The molecular formula is C15H20N2O2. The van der Waals surface area contributed by atoms with Crippen LogP contribution in [-0.2, 0) is 4.84 Å². The third kappa shape index (κ3) is 2.96. The summed E-state index contributed by atoms with van der Waals surface area (Å²) in [6, 6.07) is 9.96. The second-order valence-electron chi connectivity index (χ2n) is 5.29. The van der Waals surface area contributed by atoms with Crippen LogP contribution in [0.3, 0.4) is 0 Å². The van der Waals surface area contributed by atoms with Gasteiger partial charge in [0.1, 0.15) is 0 Å². The van der Waals surface area contributed by atoms with Crippen molar-refractivity contribution in [1.82, 2.24) is 9.96 Å². The molecule has 2 aliphatic rings. The molecule has 4 nitrogen and oxygen atoms in total. The molecule has 0 radical (unpaired) electrons. The van der Waals surface area contributed by atoms with E-state index >= 15 is 0 Å². The van der Waals surface area contributed by atoms with Gasteiger partial charge in [-0.25, -0.2) is 4.79 Å². The Morgan fingerprint density at radius 3 is 2.32 bits per heavy atom. The minimum atomic E-state index is -0.252. The molecule has 0 atom stereocenters. The number of benzene rings is 1. The minimum Gasteiger partial charge on any atom is -0.364 e. The fraction of sp³-hybridized carbons (Fsp3) is 0.533. The fourth-order valence-electron chi connectivity index (χ4n) is 2.66. The number of nitrogens with zero attached hydrogens (tertiary/aromatic N) is 2. The predicted octanol–water partition coefficient (Wildman–Crippen LogP) is 1.93. The number of carbonyl (C=O) groups excluding carboxylic acids is 1. The molecular weight excluding hydrogens is 240 g/mol. The topological polar surface area (TPSA) is 32.8 Å². The van der Waals surface area contributed by atoms with Gasteiger partial charge >= 0.3 is 5.97 Å². The van der Waals surface area contributed by atoms with Crippen molar-refractivity contribution >= 4 is 5.97 Å². The number of hydrogen-bond acceptors (Lipinski definition) is 4. The highest BCUT2D eigenvalue weighted by molar-refractivity contribution is 5.89. The third-order valence-electron chi connectivity index (χ3n) is 4.09. The van der Waals surface area contributed by atoms with Crippen molar-refractivity contribution < 1.29 is 9.63 Å². The lowest BCUT2D eigenvalue weighted by Gasteiger charge is -2.42. The molecule has 1 saturated carbocycles. The number of hydrogen-bond donors (Lipinski definition) is 0. The van der Waals surface area contributed by atoms with Crippen LogP contribution in [0.4, 0.5) is 0 Å². The molecule has 19 heavy (non-hydrogen) atoms. The van der Waals surface area contributed by atoms with Crippen LogP contribution in [0.5, 0.6) is 0 Å². The van der Waals surface area contributed by atoms with Gasteiger partial charge in [0.05, 0.1) is 5.56 Å². The zero-order valence-corrected chi connectivity index (χ0v) is 11.1. The maximum atomic E-state index is 11.9. The number of carbonyl (C=O) groups is 1.